The summed E-state index contributed by atoms with van der Waals surface area (Å²) in [6, 6.07) is 2.06. The Morgan fingerprint density at radius 2 is 2.38 bits per heavy atom. The van der Waals surface area contributed by atoms with E-state index >= 15 is 0 Å². The first-order valence-corrected chi connectivity index (χ1v) is 7.65. The molecule has 0 amide bonds. The zero-order valence-corrected chi connectivity index (χ0v) is 12.3. The van der Waals surface area contributed by atoms with Crippen molar-refractivity contribution in [1.82, 2.24) is 10.3 Å². The van der Waals surface area contributed by atoms with Gasteiger partial charge in [0, 0.05) is 40.4 Å². The number of nitrogens with one attached hydrogen (secondary N) is 1. The predicted molar refractivity (Wildman–Crippen MR) is 74.6 cm³/mol. The van der Waals surface area contributed by atoms with Crippen LogP contribution in [0, 0.1) is 0 Å². The third-order valence-electron chi connectivity index (χ3n) is 1.99. The molecular weight excluding hydrogens is 328 g/mol. The summed E-state index contributed by atoms with van der Waals surface area (Å²) in [4.78, 5) is 5.48. The van der Waals surface area contributed by atoms with E-state index in [9.17, 15) is 0 Å². The Balaban J connectivity index is 1.72. The Kier molecular flexibility index (Phi) is 4.79. The highest BCUT2D eigenvalue weighted by atomic mass is 79.9. The number of aromatic nitrogens is 1. The number of hydrogen-bond acceptors (Lipinski definition) is 4. The number of thiazole rings is 1. The average molecular weight is 338 g/mol. The zero-order chi connectivity index (χ0) is 11.4. The van der Waals surface area contributed by atoms with Crippen molar-refractivity contribution < 1.29 is 0 Å². The molecule has 86 valence electrons. The van der Waals surface area contributed by atoms with Gasteiger partial charge in [0.25, 0.3) is 0 Å². The van der Waals surface area contributed by atoms with Gasteiger partial charge in [-0.3, -0.25) is 0 Å². The number of hydrogen-bond donors (Lipinski definition) is 1. The van der Waals surface area contributed by atoms with Crippen molar-refractivity contribution in [3.05, 3.63) is 36.3 Å². The molecule has 0 fully saturated rings. The molecule has 0 bridgehead atoms. The number of thiophene rings is 1. The van der Waals surface area contributed by atoms with E-state index in [1.54, 1.807) is 22.7 Å². The normalized spacial score (nSPS) is 10.9. The zero-order valence-electron chi connectivity index (χ0n) is 8.37. The number of nitrogens with zero attached hydrogens (tertiary/aromatic N) is 1. The van der Waals surface area contributed by atoms with E-state index in [2.05, 4.69) is 32.3 Å². The molecule has 0 saturated heterocycles. The summed E-state index contributed by atoms with van der Waals surface area (Å²) in [6.07, 6.45) is 2.83. The van der Waals surface area contributed by atoms with Gasteiger partial charge in [0.05, 0.1) is 5.01 Å². The lowest BCUT2D eigenvalue weighted by atomic mass is 10.4. The first-order valence-electron chi connectivity index (χ1n) is 4.78. The van der Waals surface area contributed by atoms with Crippen molar-refractivity contribution in [3.8, 4) is 0 Å². The van der Waals surface area contributed by atoms with Gasteiger partial charge in [0.2, 0.25) is 0 Å². The van der Waals surface area contributed by atoms with Gasteiger partial charge >= 0.3 is 0 Å². The minimum atomic E-state index is 0.816. The Morgan fingerprint density at radius 1 is 1.50 bits per heavy atom. The third kappa shape index (κ3) is 3.53. The summed E-state index contributed by atoms with van der Waals surface area (Å²) in [5, 5.41) is 6.56. The lowest BCUT2D eigenvalue weighted by Gasteiger charge is -2.00. The summed E-state index contributed by atoms with van der Waals surface area (Å²) in [7, 11) is 0. The maximum Gasteiger partial charge on any atom is 0.107 e. The highest BCUT2D eigenvalue weighted by molar-refractivity contribution is 9.10. The highest BCUT2D eigenvalue weighted by Crippen LogP contribution is 2.31. The van der Waals surface area contributed by atoms with Gasteiger partial charge in [-0.25, -0.2) is 4.98 Å². The highest BCUT2D eigenvalue weighted by Gasteiger charge is 2.03. The van der Waals surface area contributed by atoms with E-state index in [4.69, 9.17) is 11.6 Å². The molecular formula is C10H10BrClN2S2. The van der Waals surface area contributed by atoms with Crippen LogP contribution in [0.2, 0.25) is 4.34 Å². The van der Waals surface area contributed by atoms with Crippen molar-refractivity contribution in [2.45, 2.75) is 13.0 Å². The molecule has 0 atom stereocenters. The first kappa shape index (κ1) is 12.5. The average Bonchev–Trinajstić information content (AvgIpc) is 2.85. The Bertz CT molecular complexity index is 422. The van der Waals surface area contributed by atoms with Crippen LogP contribution in [0.5, 0.6) is 0 Å². The van der Waals surface area contributed by atoms with Crippen LogP contribution in [0.4, 0.5) is 0 Å². The second-order valence-corrected chi connectivity index (χ2v) is 6.76. The summed E-state index contributed by atoms with van der Waals surface area (Å²) < 4.78 is 1.80. The minimum absolute atomic E-state index is 0.816. The molecule has 6 heteroatoms. The van der Waals surface area contributed by atoms with Gasteiger partial charge in [0.1, 0.15) is 4.34 Å². The van der Waals surface area contributed by atoms with Crippen molar-refractivity contribution in [2.75, 3.05) is 6.54 Å². The lowest BCUT2D eigenvalue weighted by Crippen LogP contribution is -2.15. The van der Waals surface area contributed by atoms with Crippen molar-refractivity contribution >= 4 is 50.2 Å². The van der Waals surface area contributed by atoms with Crippen LogP contribution >= 0.6 is 50.2 Å². The molecule has 2 rings (SSSR count). The maximum absolute atomic E-state index is 5.96. The fourth-order valence-electron chi connectivity index (χ4n) is 1.26. The molecule has 2 aromatic rings. The molecule has 0 aromatic carbocycles. The monoisotopic (exact) mass is 336 g/mol. The quantitative estimate of drug-likeness (QED) is 0.836. The fraction of sp³-hybridized carbons (Fsp3) is 0.300. The summed E-state index contributed by atoms with van der Waals surface area (Å²) >= 11 is 12.7. The van der Waals surface area contributed by atoms with Crippen LogP contribution in [-0.4, -0.2) is 11.5 Å². The summed E-state index contributed by atoms with van der Waals surface area (Å²) in [5.41, 5.74) is 0. The van der Waals surface area contributed by atoms with Crippen LogP contribution in [-0.2, 0) is 13.0 Å². The van der Waals surface area contributed by atoms with Crippen molar-refractivity contribution in [3.63, 3.8) is 0 Å². The van der Waals surface area contributed by atoms with E-state index in [0.717, 1.165) is 28.3 Å². The molecule has 0 aliphatic carbocycles. The van der Waals surface area contributed by atoms with Gasteiger partial charge in [-0.1, -0.05) is 11.6 Å². The van der Waals surface area contributed by atoms with Gasteiger partial charge in [0.15, 0.2) is 0 Å². The number of rotatable bonds is 5. The van der Waals surface area contributed by atoms with E-state index < -0.39 is 0 Å². The van der Waals surface area contributed by atoms with Gasteiger partial charge in [-0.2, -0.15) is 0 Å². The van der Waals surface area contributed by atoms with Crippen LogP contribution in [0.3, 0.4) is 0 Å². The molecule has 0 unspecified atom stereocenters. The van der Waals surface area contributed by atoms with Gasteiger partial charge in [-0.15, -0.1) is 22.7 Å². The molecule has 2 aromatic heterocycles. The lowest BCUT2D eigenvalue weighted by molar-refractivity contribution is 0.691. The van der Waals surface area contributed by atoms with Crippen LogP contribution in [0.25, 0.3) is 0 Å². The Labute approximate surface area is 116 Å². The van der Waals surface area contributed by atoms with E-state index in [1.165, 1.54) is 9.88 Å². The fourth-order valence-corrected chi connectivity index (χ4v) is 3.64. The smallest absolute Gasteiger partial charge is 0.107 e. The molecule has 2 heterocycles. The standard InChI is InChI=1S/C10H10BrClN2S2/c11-8-5-7(16-10(8)12)6-13-2-1-9-14-3-4-15-9/h3-5,13H,1-2,6H2. The molecule has 0 radical (unpaired) electrons. The molecule has 0 aliphatic rings. The second-order valence-electron chi connectivity index (χ2n) is 3.19. The maximum atomic E-state index is 5.96. The van der Waals surface area contributed by atoms with Crippen molar-refractivity contribution in [2.24, 2.45) is 0 Å². The molecule has 0 spiro atoms. The topological polar surface area (TPSA) is 24.9 Å². The number of halogens is 2. The molecule has 2 nitrogen and oxygen atoms in total. The summed E-state index contributed by atoms with van der Waals surface area (Å²) in [5.74, 6) is 0. The molecule has 0 saturated carbocycles. The first-order chi connectivity index (χ1) is 7.75. The molecule has 1 N–H and O–H groups in total. The minimum Gasteiger partial charge on any atom is -0.311 e. The van der Waals surface area contributed by atoms with E-state index in [1.807, 2.05) is 11.6 Å². The second kappa shape index (κ2) is 6.12. The van der Waals surface area contributed by atoms with Gasteiger partial charge < -0.3 is 5.32 Å². The Hall–Kier alpha value is 0.0600. The molecule has 16 heavy (non-hydrogen) atoms. The van der Waals surface area contributed by atoms with Crippen LogP contribution in [0.1, 0.15) is 9.88 Å². The SMILES string of the molecule is Clc1sc(CNCCc2nccs2)cc1Br. The van der Waals surface area contributed by atoms with E-state index in [0.29, 0.717) is 0 Å². The summed E-state index contributed by atoms with van der Waals surface area (Å²) in [6.45, 7) is 1.81. The predicted octanol–water partition coefficient (Wildman–Crippen LogP) is 3.95. The van der Waals surface area contributed by atoms with Gasteiger partial charge in [-0.05, 0) is 22.0 Å². The van der Waals surface area contributed by atoms with E-state index in [-0.39, 0.29) is 0 Å². The van der Waals surface area contributed by atoms with Crippen LogP contribution < -0.4 is 5.32 Å². The van der Waals surface area contributed by atoms with Crippen LogP contribution in [0.15, 0.2) is 22.1 Å². The molecule has 0 aliphatic heterocycles. The van der Waals surface area contributed by atoms with Crippen molar-refractivity contribution in [1.29, 1.82) is 0 Å². The Morgan fingerprint density at radius 3 is 3.00 bits per heavy atom. The third-order valence-corrected chi connectivity index (χ3v) is 5.31. The largest absolute Gasteiger partial charge is 0.311 e.